The summed E-state index contributed by atoms with van der Waals surface area (Å²) in [6.07, 6.45) is 3.62. The molecule has 1 heterocycles. The highest BCUT2D eigenvalue weighted by Gasteiger charge is 2.14. The number of ether oxygens (including phenoxy) is 2. The second-order valence-electron chi connectivity index (χ2n) is 4.68. The molecule has 0 saturated carbocycles. The van der Waals surface area contributed by atoms with Crippen molar-refractivity contribution in [2.75, 3.05) is 19.8 Å². The van der Waals surface area contributed by atoms with Crippen molar-refractivity contribution in [2.45, 2.75) is 31.4 Å². The fourth-order valence-electron chi connectivity index (χ4n) is 2.07. The van der Waals surface area contributed by atoms with Gasteiger partial charge in [-0.3, -0.25) is 0 Å². The van der Waals surface area contributed by atoms with E-state index in [0.717, 1.165) is 25.0 Å². The topological polar surface area (TPSA) is 44.5 Å². The van der Waals surface area contributed by atoms with Gasteiger partial charge in [-0.25, -0.2) is 4.39 Å². The summed E-state index contributed by atoms with van der Waals surface area (Å²) in [7, 11) is 0. The van der Waals surface area contributed by atoms with Crippen molar-refractivity contribution in [2.24, 2.45) is 5.73 Å². The first-order valence-electron chi connectivity index (χ1n) is 6.46. The highest BCUT2D eigenvalue weighted by molar-refractivity contribution is 5.19. The van der Waals surface area contributed by atoms with Crippen LogP contribution >= 0.6 is 0 Å². The zero-order valence-corrected chi connectivity index (χ0v) is 10.5. The predicted octanol–water partition coefficient (Wildman–Crippen LogP) is 2.41. The number of hydrogen-bond donors (Lipinski definition) is 1. The average Bonchev–Trinajstić information content (AvgIpc) is 2.40. The van der Waals surface area contributed by atoms with Gasteiger partial charge in [-0.1, -0.05) is 12.1 Å². The lowest BCUT2D eigenvalue weighted by Gasteiger charge is -2.23. The Morgan fingerprint density at radius 2 is 2.11 bits per heavy atom. The molecule has 2 N–H and O–H groups in total. The standard InChI is InChI=1S/C14H20FNO2/c15-12-6-4-11(5-7-12)14(16)10-17-9-13-3-1-2-8-18-13/h4-7,13-14H,1-3,8-10,16H2. The third-order valence-electron chi connectivity index (χ3n) is 3.17. The van der Waals surface area contributed by atoms with Crippen molar-refractivity contribution in [3.8, 4) is 0 Å². The highest BCUT2D eigenvalue weighted by Crippen LogP contribution is 2.15. The van der Waals surface area contributed by atoms with E-state index in [0.29, 0.717) is 13.2 Å². The van der Waals surface area contributed by atoms with Crippen LogP contribution in [-0.4, -0.2) is 25.9 Å². The SMILES string of the molecule is NC(COCC1CCCCO1)c1ccc(F)cc1. The smallest absolute Gasteiger partial charge is 0.123 e. The molecule has 2 unspecified atom stereocenters. The van der Waals surface area contributed by atoms with Crippen LogP contribution in [0.25, 0.3) is 0 Å². The zero-order valence-electron chi connectivity index (χ0n) is 10.5. The summed E-state index contributed by atoms with van der Waals surface area (Å²) in [6.45, 7) is 1.86. The molecule has 0 radical (unpaired) electrons. The molecule has 1 aliphatic heterocycles. The van der Waals surface area contributed by atoms with Crippen LogP contribution in [0.3, 0.4) is 0 Å². The summed E-state index contributed by atoms with van der Waals surface area (Å²) in [6, 6.07) is 6.01. The summed E-state index contributed by atoms with van der Waals surface area (Å²) in [5.41, 5.74) is 6.86. The quantitative estimate of drug-likeness (QED) is 0.876. The molecular formula is C14H20FNO2. The second-order valence-corrected chi connectivity index (χ2v) is 4.68. The number of halogens is 1. The molecule has 4 heteroatoms. The van der Waals surface area contributed by atoms with Crippen molar-refractivity contribution >= 4 is 0 Å². The van der Waals surface area contributed by atoms with Crippen molar-refractivity contribution in [1.82, 2.24) is 0 Å². The first-order chi connectivity index (χ1) is 8.75. The molecule has 0 aliphatic carbocycles. The fourth-order valence-corrected chi connectivity index (χ4v) is 2.07. The first-order valence-corrected chi connectivity index (χ1v) is 6.46. The number of rotatable bonds is 5. The Morgan fingerprint density at radius 3 is 2.78 bits per heavy atom. The van der Waals surface area contributed by atoms with Gasteiger partial charge in [0, 0.05) is 6.61 Å². The van der Waals surface area contributed by atoms with E-state index in [-0.39, 0.29) is 18.0 Å². The Hall–Kier alpha value is -0.970. The molecule has 1 aromatic carbocycles. The second kappa shape index (κ2) is 6.83. The van der Waals surface area contributed by atoms with E-state index < -0.39 is 0 Å². The summed E-state index contributed by atoms with van der Waals surface area (Å²) in [5, 5.41) is 0. The molecule has 0 aromatic heterocycles. The summed E-state index contributed by atoms with van der Waals surface area (Å²) in [4.78, 5) is 0. The third kappa shape index (κ3) is 4.05. The maximum absolute atomic E-state index is 12.8. The molecule has 2 atom stereocenters. The summed E-state index contributed by atoms with van der Waals surface area (Å²) in [5.74, 6) is -0.248. The van der Waals surface area contributed by atoms with Crippen LogP contribution in [-0.2, 0) is 9.47 Å². The Morgan fingerprint density at radius 1 is 1.33 bits per heavy atom. The lowest BCUT2D eigenvalue weighted by Crippen LogP contribution is -2.26. The molecule has 1 fully saturated rings. The molecule has 100 valence electrons. The minimum absolute atomic E-state index is 0.208. The predicted molar refractivity (Wildman–Crippen MR) is 67.7 cm³/mol. The molecular weight excluding hydrogens is 233 g/mol. The Kier molecular flexibility index (Phi) is 5.11. The molecule has 0 bridgehead atoms. The van der Waals surface area contributed by atoms with Crippen LogP contribution in [0.1, 0.15) is 30.9 Å². The van der Waals surface area contributed by atoms with Crippen LogP contribution < -0.4 is 5.73 Å². The number of benzene rings is 1. The Labute approximate surface area is 107 Å². The molecule has 3 nitrogen and oxygen atoms in total. The molecule has 1 aromatic rings. The third-order valence-corrected chi connectivity index (χ3v) is 3.17. The van der Waals surface area contributed by atoms with Crippen molar-refractivity contribution in [3.63, 3.8) is 0 Å². The summed E-state index contributed by atoms with van der Waals surface area (Å²) < 4.78 is 23.9. The highest BCUT2D eigenvalue weighted by atomic mass is 19.1. The molecule has 18 heavy (non-hydrogen) atoms. The van der Waals surface area contributed by atoms with Crippen LogP contribution in [0.5, 0.6) is 0 Å². The van der Waals surface area contributed by atoms with Crippen LogP contribution in [0.4, 0.5) is 4.39 Å². The van der Waals surface area contributed by atoms with Crippen LogP contribution in [0.15, 0.2) is 24.3 Å². The molecule has 2 rings (SSSR count). The van der Waals surface area contributed by atoms with Gasteiger partial charge in [0.2, 0.25) is 0 Å². The molecule has 0 amide bonds. The van der Waals surface area contributed by atoms with E-state index in [9.17, 15) is 4.39 Å². The lowest BCUT2D eigenvalue weighted by atomic mass is 10.1. The molecule has 1 saturated heterocycles. The van der Waals surface area contributed by atoms with E-state index in [1.807, 2.05) is 0 Å². The minimum Gasteiger partial charge on any atom is -0.377 e. The molecule has 0 spiro atoms. The van der Waals surface area contributed by atoms with E-state index in [1.165, 1.54) is 18.6 Å². The maximum Gasteiger partial charge on any atom is 0.123 e. The van der Waals surface area contributed by atoms with Gasteiger partial charge < -0.3 is 15.2 Å². The Bertz CT molecular complexity index is 349. The largest absolute Gasteiger partial charge is 0.377 e. The van der Waals surface area contributed by atoms with Crippen LogP contribution in [0, 0.1) is 5.82 Å². The normalized spacial score (nSPS) is 21.8. The van der Waals surface area contributed by atoms with Crippen LogP contribution in [0.2, 0.25) is 0 Å². The van der Waals surface area contributed by atoms with E-state index in [1.54, 1.807) is 12.1 Å². The molecule has 1 aliphatic rings. The maximum atomic E-state index is 12.8. The van der Waals surface area contributed by atoms with Crippen molar-refractivity contribution in [3.05, 3.63) is 35.6 Å². The monoisotopic (exact) mass is 253 g/mol. The van der Waals surface area contributed by atoms with Gasteiger partial charge in [0.05, 0.1) is 25.4 Å². The van der Waals surface area contributed by atoms with Gasteiger partial charge in [-0.2, -0.15) is 0 Å². The van der Waals surface area contributed by atoms with Gasteiger partial charge in [0.25, 0.3) is 0 Å². The number of nitrogens with two attached hydrogens (primary N) is 1. The van der Waals surface area contributed by atoms with Gasteiger partial charge in [-0.05, 0) is 37.0 Å². The van der Waals surface area contributed by atoms with E-state index >= 15 is 0 Å². The van der Waals surface area contributed by atoms with E-state index in [2.05, 4.69) is 0 Å². The first kappa shape index (κ1) is 13.5. The van der Waals surface area contributed by atoms with Crippen molar-refractivity contribution < 1.29 is 13.9 Å². The number of hydrogen-bond acceptors (Lipinski definition) is 3. The van der Waals surface area contributed by atoms with Crippen molar-refractivity contribution in [1.29, 1.82) is 0 Å². The Balaban J connectivity index is 1.70. The average molecular weight is 253 g/mol. The fraction of sp³-hybridized carbons (Fsp3) is 0.571. The van der Waals surface area contributed by atoms with Gasteiger partial charge in [0.15, 0.2) is 0 Å². The van der Waals surface area contributed by atoms with Gasteiger partial charge >= 0.3 is 0 Å². The van der Waals surface area contributed by atoms with Gasteiger partial charge in [-0.15, -0.1) is 0 Å². The summed E-state index contributed by atoms with van der Waals surface area (Å²) >= 11 is 0. The van der Waals surface area contributed by atoms with Gasteiger partial charge in [0.1, 0.15) is 5.82 Å². The minimum atomic E-state index is -0.248. The van der Waals surface area contributed by atoms with E-state index in [4.69, 9.17) is 15.2 Å². The zero-order chi connectivity index (χ0) is 12.8. The lowest BCUT2D eigenvalue weighted by molar-refractivity contribution is -0.0428.